The maximum absolute atomic E-state index is 12.3. The lowest BCUT2D eigenvalue weighted by Gasteiger charge is -2.27. The lowest BCUT2D eigenvalue weighted by atomic mass is 10.1. The first kappa shape index (κ1) is 108. The number of halogens is 2. The summed E-state index contributed by atoms with van der Waals surface area (Å²) in [4.78, 5) is 66.0. The zero-order valence-corrected chi connectivity index (χ0v) is 74.4. The molecule has 0 saturated heterocycles. The number of aliphatic hydroxyl groups excluding tert-OH is 1. The van der Waals surface area contributed by atoms with Crippen molar-refractivity contribution in [2.45, 2.75) is 149 Å². The van der Waals surface area contributed by atoms with Crippen molar-refractivity contribution in [3.8, 4) is 70.6 Å². The van der Waals surface area contributed by atoms with Crippen LogP contribution >= 0.6 is 28.3 Å². The van der Waals surface area contributed by atoms with Crippen LogP contribution in [0.25, 0.3) is 0 Å². The summed E-state index contributed by atoms with van der Waals surface area (Å²) in [5, 5.41) is 76.2. The minimum Gasteiger partial charge on any atom is -0.508 e. The van der Waals surface area contributed by atoms with Gasteiger partial charge in [0.1, 0.15) is 105 Å². The number of nitrogen functional groups attached to an aromatic ring is 1. The van der Waals surface area contributed by atoms with Crippen molar-refractivity contribution in [3.63, 3.8) is 0 Å². The summed E-state index contributed by atoms with van der Waals surface area (Å²) in [5.41, 5.74) is 6.34. The molecular formula is C90H110BrClN12O19. The van der Waals surface area contributed by atoms with Gasteiger partial charge in [-0.3, -0.25) is 30.0 Å². The van der Waals surface area contributed by atoms with Crippen LogP contribution in [0.2, 0.25) is 0 Å². The lowest BCUT2D eigenvalue weighted by molar-refractivity contribution is -0.158. The summed E-state index contributed by atoms with van der Waals surface area (Å²) in [6.45, 7) is 30.3. The highest BCUT2D eigenvalue weighted by molar-refractivity contribution is 9.10. The van der Waals surface area contributed by atoms with E-state index in [1.54, 1.807) is 251 Å². The predicted octanol–water partition coefficient (Wildman–Crippen LogP) is 14.7. The molecule has 0 spiro atoms. The van der Waals surface area contributed by atoms with Gasteiger partial charge in [0.2, 0.25) is 5.90 Å². The zero-order chi connectivity index (χ0) is 92.1. The van der Waals surface area contributed by atoms with Gasteiger partial charge in [-0.2, -0.15) is 26.3 Å². The van der Waals surface area contributed by atoms with E-state index in [0.29, 0.717) is 118 Å². The van der Waals surface area contributed by atoms with Gasteiger partial charge in [0.25, 0.3) is 11.8 Å². The normalized spacial score (nSPS) is 11.1. The quantitative estimate of drug-likeness (QED) is 0.00564. The Morgan fingerprint density at radius 1 is 0.423 bits per heavy atom. The number of hydrogen-bond donors (Lipinski definition) is 8. The number of benzene rings is 8. The van der Waals surface area contributed by atoms with Crippen molar-refractivity contribution < 1.29 is 91.4 Å². The fourth-order valence-corrected chi connectivity index (χ4v) is 9.33. The van der Waals surface area contributed by atoms with Gasteiger partial charge in [0.05, 0.1) is 96.2 Å². The summed E-state index contributed by atoms with van der Waals surface area (Å²) in [5.74, 6) is 17.6. The summed E-state index contributed by atoms with van der Waals surface area (Å²) < 4.78 is 47.7. The Labute approximate surface area is 733 Å². The first-order valence-electron chi connectivity index (χ1n) is 37.5. The molecule has 2 amide bonds. The molecule has 31 nitrogen and oxygen atoms in total. The number of aromatic hydroxyl groups is 1. The number of ether oxygens (including phenoxy) is 9. The number of carbonyl (C=O) groups is 4. The number of nitrogens with one attached hydrogen (secondary N) is 2. The average Bonchev–Trinajstić information content (AvgIpc) is 1.63. The van der Waals surface area contributed by atoms with Crippen molar-refractivity contribution in [1.29, 1.82) is 37.1 Å². The van der Waals surface area contributed by atoms with Crippen molar-refractivity contribution >= 4 is 63.8 Å². The average molecular weight is 1780 g/mol. The fourth-order valence-electron chi connectivity index (χ4n) is 9.22. The number of carbonyl (C=O) groups excluding carboxylic acids is 4. The van der Waals surface area contributed by atoms with E-state index in [1.165, 1.54) is 19.2 Å². The Hall–Kier alpha value is -12.7. The Balaban J connectivity index is 0.000000715. The van der Waals surface area contributed by atoms with Gasteiger partial charge < -0.3 is 73.1 Å². The number of rotatable bonds is 28. The Morgan fingerprint density at radius 3 is 0.951 bits per heavy atom. The van der Waals surface area contributed by atoms with Crippen LogP contribution in [-0.4, -0.2) is 142 Å². The van der Waals surface area contributed by atoms with E-state index in [0.717, 1.165) is 5.06 Å². The molecule has 1 aliphatic heterocycles. The Morgan fingerprint density at radius 2 is 0.691 bits per heavy atom. The third-order valence-corrected chi connectivity index (χ3v) is 15.6. The number of alkyl halides is 1. The molecule has 33 heteroatoms. The molecule has 658 valence electrons. The third-order valence-electron chi connectivity index (χ3n) is 15.3. The second kappa shape index (κ2) is 53.1. The fraction of sp³-hybridized carbons (Fsp3) is 0.344. The number of hydroxylamine groups is 2. The number of nitriles is 5. The smallest absolute Gasteiger partial charge is 0.349 e. The molecule has 0 atom stereocenters. The molecule has 12 N–H and O–H groups in total. The van der Waals surface area contributed by atoms with Gasteiger partial charge >= 0.3 is 11.9 Å². The highest BCUT2D eigenvalue weighted by Crippen LogP contribution is 2.28. The summed E-state index contributed by atoms with van der Waals surface area (Å²) in [6.07, 6.45) is 0. The van der Waals surface area contributed by atoms with Crippen LogP contribution in [0.4, 0.5) is 0 Å². The van der Waals surface area contributed by atoms with Gasteiger partial charge in [0, 0.05) is 11.1 Å². The second-order valence-electron chi connectivity index (χ2n) is 29.8. The molecule has 0 unspecified atom stereocenters. The zero-order valence-electron chi connectivity index (χ0n) is 72.0. The molecule has 0 saturated carbocycles. The topological polar surface area (TPSA) is 503 Å². The molecule has 9 rings (SSSR count). The molecule has 1 heterocycles. The molecule has 0 aromatic heterocycles. The number of amides is 2. The molecule has 0 aliphatic carbocycles. The predicted molar refractivity (Wildman–Crippen MR) is 467 cm³/mol. The maximum Gasteiger partial charge on any atom is 0.349 e. The van der Waals surface area contributed by atoms with Crippen LogP contribution < -0.4 is 51.8 Å². The van der Waals surface area contributed by atoms with E-state index in [4.69, 9.17) is 118 Å². The van der Waals surface area contributed by atoms with Crippen LogP contribution in [0, 0.1) is 67.5 Å². The molecule has 123 heavy (non-hydrogen) atoms. The maximum atomic E-state index is 12.3. The van der Waals surface area contributed by atoms with Gasteiger partial charge in [-0.1, -0.05) is 28.1 Å². The number of methoxy groups -OCH3 is 1. The van der Waals surface area contributed by atoms with E-state index < -0.39 is 55.7 Å². The number of amidine groups is 1. The first-order chi connectivity index (χ1) is 57.3. The van der Waals surface area contributed by atoms with Gasteiger partial charge in [0.15, 0.2) is 5.60 Å². The standard InChI is InChI=1S/C19H16N2O4.C13H15NO3.C12H18N2O3.C11H17N3O2.C11H14N2O2.C11H13NO2.C7H5NO.C6H11BrO2.ClH/c1-19(2,25-14-9-7-13(11-20)8-10-14)12-24-21-17(22)15-5-3-4-6-16(15)18(21)23;1-4-16-12(15)13(2,3)17-11-7-5-10(9-14)6-8-11;1-12(2,8-16-14)17-10-6-4-9(5-7-10)11(13)15-3;1-11(2,7-15-14)16-9-5-3-8(4-6-9)10(12)13;1-11(2,8-14-13)15-10-5-3-9(7-12)4-6-10;1-11(2,8-13)14-10-5-3-9(7-12)4-6-10;8-5-6-1-3-7(9)4-2-6;1-4-9-5(8)6(2,3)7;/h3-10H,12H2,1-2H3;5-8H,4H2,1-3H3;4-7,13H,8,14H2,1-3H3;3-6H,7,14H2,1-2H3,(H3,12,13);3-6H,8,13H2,1-2H3;3-6,13H,8H2,1-2H3;1-4,9H;4H2,1-3H3;1H. The van der Waals surface area contributed by atoms with Crippen LogP contribution in [0.3, 0.4) is 0 Å². The SMILES string of the molecule is CC(C)(CO)Oc1ccc(C#N)cc1.CC(C)(CON)Oc1ccc(C#N)cc1.CC(C)(CON)Oc1ccc(C(=N)N)cc1.CC(C)(CON1C(=O)c2ccccc2C1=O)Oc1ccc(C#N)cc1.CCOC(=O)C(C)(C)Br.CCOC(=O)C(C)(C)Oc1ccc(C#N)cc1.COC(=N)c1ccc(OC(C)(C)CON)cc1.Cl.N#Cc1ccc(O)cc1. The third kappa shape index (κ3) is 41.9. The number of imide groups is 1. The van der Waals surface area contributed by atoms with Crippen LogP contribution in [0.1, 0.15) is 170 Å². The number of phenolic OH excluding ortho intramolecular Hbond substituents is 1. The largest absolute Gasteiger partial charge is 0.508 e. The van der Waals surface area contributed by atoms with Crippen LogP contribution in [0.5, 0.6) is 40.2 Å². The molecule has 0 bridgehead atoms. The van der Waals surface area contributed by atoms with Crippen LogP contribution in [-0.2, 0) is 43.2 Å². The van der Waals surface area contributed by atoms with E-state index in [9.17, 15) is 19.2 Å². The van der Waals surface area contributed by atoms with E-state index in [1.807, 2.05) is 71.9 Å². The molecule has 0 radical (unpaired) electrons. The number of nitrogens with zero attached hydrogens (tertiary/aromatic N) is 6. The monoisotopic (exact) mass is 1780 g/mol. The molecule has 1 aliphatic rings. The molecule has 8 aromatic rings. The molecule has 0 fully saturated rings. The van der Waals surface area contributed by atoms with Gasteiger partial charge in [-0.05, 0) is 293 Å². The highest BCUT2D eigenvalue weighted by Gasteiger charge is 2.38. The van der Waals surface area contributed by atoms with E-state index in [2.05, 4.69) is 30.4 Å². The van der Waals surface area contributed by atoms with E-state index in [-0.39, 0.29) is 49.1 Å². The lowest BCUT2D eigenvalue weighted by Crippen LogP contribution is -2.40. The number of aliphatic hydroxyl groups is 1. The van der Waals surface area contributed by atoms with Crippen molar-refractivity contribution in [2.75, 3.05) is 53.4 Å². The Kier molecular flexibility index (Phi) is 46.8. The minimum absolute atomic E-state index is 0. The molecule has 8 aromatic carbocycles. The Bertz CT molecular complexity index is 4790. The number of esters is 2. The molecular weight excluding hydrogens is 1670 g/mol. The highest BCUT2D eigenvalue weighted by atomic mass is 79.9. The van der Waals surface area contributed by atoms with Gasteiger partial charge in [-0.25, -0.2) is 22.5 Å². The van der Waals surface area contributed by atoms with Crippen LogP contribution in [0.15, 0.2) is 194 Å². The van der Waals surface area contributed by atoms with E-state index >= 15 is 0 Å². The number of nitrogens with two attached hydrogens (primary N) is 4. The van der Waals surface area contributed by atoms with Crippen molar-refractivity contribution in [1.82, 2.24) is 5.06 Å². The number of fused-ring (bicyclic) bond motifs is 1. The second-order valence-corrected chi connectivity index (χ2v) is 31.8. The first-order valence-corrected chi connectivity index (χ1v) is 38.3. The van der Waals surface area contributed by atoms with Crippen molar-refractivity contribution in [2.24, 2.45) is 23.4 Å². The number of hydrogen-bond acceptors (Lipinski definition) is 29. The summed E-state index contributed by atoms with van der Waals surface area (Å²) in [6, 6.07) is 63.8. The summed E-state index contributed by atoms with van der Waals surface area (Å²) in [7, 11) is 1.47. The summed E-state index contributed by atoms with van der Waals surface area (Å²) >= 11 is 3.17. The number of phenols is 1. The minimum atomic E-state index is -1.04. The van der Waals surface area contributed by atoms with Gasteiger partial charge in [-0.15, -0.1) is 17.5 Å². The van der Waals surface area contributed by atoms with Crippen molar-refractivity contribution in [3.05, 3.63) is 244 Å².